The molecule has 0 bridgehead atoms. The number of anilines is 1. The van der Waals surface area contributed by atoms with Crippen molar-refractivity contribution in [3.05, 3.63) is 42.2 Å². The number of aryl methyl sites for hydroxylation is 1. The molecule has 0 fully saturated rings. The summed E-state index contributed by atoms with van der Waals surface area (Å²) in [6.07, 6.45) is -0.00201. The normalized spacial score (nSPS) is 11.3. The van der Waals surface area contributed by atoms with Crippen LogP contribution in [0.15, 0.2) is 45.8 Å². The molecule has 1 amide bonds. The Bertz CT molecular complexity index is 710. The van der Waals surface area contributed by atoms with Crippen LogP contribution in [0.1, 0.15) is 12.2 Å². The molecule has 0 spiro atoms. The van der Waals surface area contributed by atoms with Crippen molar-refractivity contribution in [3.63, 3.8) is 0 Å². The van der Waals surface area contributed by atoms with Gasteiger partial charge in [-0.25, -0.2) is 13.1 Å². The van der Waals surface area contributed by atoms with Gasteiger partial charge in [-0.3, -0.25) is 4.79 Å². The zero-order chi connectivity index (χ0) is 15.3. The minimum Gasteiger partial charge on any atom is -0.360 e. The van der Waals surface area contributed by atoms with E-state index in [1.165, 1.54) is 12.1 Å². The molecule has 0 aliphatic heterocycles. The Morgan fingerprint density at radius 2 is 2.00 bits per heavy atom. The van der Waals surface area contributed by atoms with Crippen LogP contribution in [0.25, 0.3) is 0 Å². The Morgan fingerprint density at radius 3 is 2.62 bits per heavy atom. The van der Waals surface area contributed by atoms with Crippen LogP contribution in [0.3, 0.4) is 0 Å². The van der Waals surface area contributed by atoms with Gasteiger partial charge < -0.3 is 9.84 Å². The van der Waals surface area contributed by atoms with E-state index in [1.807, 2.05) is 0 Å². The van der Waals surface area contributed by atoms with Gasteiger partial charge in [-0.15, -0.1) is 0 Å². The Labute approximate surface area is 122 Å². The summed E-state index contributed by atoms with van der Waals surface area (Å²) < 4.78 is 31.0. The molecule has 1 aromatic carbocycles. The number of amides is 1. The van der Waals surface area contributed by atoms with Crippen molar-refractivity contribution in [3.8, 4) is 0 Å². The highest BCUT2D eigenvalue weighted by atomic mass is 32.2. The number of hydrogen-bond acceptors (Lipinski definition) is 5. The fraction of sp³-hybridized carbons (Fsp3) is 0.231. The molecule has 0 saturated heterocycles. The first-order chi connectivity index (χ1) is 9.97. The first-order valence-electron chi connectivity index (χ1n) is 6.25. The molecule has 0 aliphatic rings. The van der Waals surface area contributed by atoms with Crippen LogP contribution in [-0.2, 0) is 14.8 Å². The van der Waals surface area contributed by atoms with Gasteiger partial charge in [0.1, 0.15) is 5.76 Å². The van der Waals surface area contributed by atoms with Gasteiger partial charge in [0.25, 0.3) is 0 Å². The standard InChI is InChI=1S/C13H15N3O4S/c1-10-9-12(16-20-10)15-13(17)7-8-14-21(18,19)11-5-3-2-4-6-11/h2-6,9,14H,7-8H2,1H3,(H,15,16,17). The highest BCUT2D eigenvalue weighted by Gasteiger charge is 2.13. The predicted octanol–water partition coefficient (Wildman–Crippen LogP) is 1.29. The maximum absolute atomic E-state index is 11.9. The lowest BCUT2D eigenvalue weighted by molar-refractivity contribution is -0.116. The van der Waals surface area contributed by atoms with Crippen LogP contribution in [0.5, 0.6) is 0 Å². The molecular weight excluding hydrogens is 294 g/mol. The maximum Gasteiger partial charge on any atom is 0.240 e. The van der Waals surface area contributed by atoms with E-state index < -0.39 is 10.0 Å². The first kappa shape index (κ1) is 15.2. The smallest absolute Gasteiger partial charge is 0.240 e. The van der Waals surface area contributed by atoms with Crippen LogP contribution in [0.2, 0.25) is 0 Å². The van der Waals surface area contributed by atoms with Gasteiger partial charge in [0.15, 0.2) is 5.82 Å². The zero-order valence-corrected chi connectivity index (χ0v) is 12.2. The summed E-state index contributed by atoms with van der Waals surface area (Å²) in [6, 6.07) is 9.54. The molecule has 0 unspecified atom stereocenters. The molecular formula is C13H15N3O4S. The Kier molecular flexibility index (Phi) is 4.71. The van der Waals surface area contributed by atoms with E-state index in [9.17, 15) is 13.2 Å². The Morgan fingerprint density at radius 1 is 1.29 bits per heavy atom. The van der Waals surface area contributed by atoms with Gasteiger partial charge in [-0.05, 0) is 19.1 Å². The molecule has 2 N–H and O–H groups in total. The van der Waals surface area contributed by atoms with Gasteiger partial charge in [0, 0.05) is 19.0 Å². The van der Waals surface area contributed by atoms with E-state index >= 15 is 0 Å². The fourth-order valence-corrected chi connectivity index (χ4v) is 2.67. The van der Waals surface area contributed by atoms with Crippen LogP contribution in [0.4, 0.5) is 5.82 Å². The number of rotatable bonds is 6. The van der Waals surface area contributed by atoms with Gasteiger partial charge in [0.2, 0.25) is 15.9 Å². The second-order valence-corrected chi connectivity index (χ2v) is 6.10. The van der Waals surface area contributed by atoms with Gasteiger partial charge >= 0.3 is 0 Å². The molecule has 2 rings (SSSR count). The number of benzene rings is 1. The monoisotopic (exact) mass is 309 g/mol. The molecule has 0 atom stereocenters. The SMILES string of the molecule is Cc1cc(NC(=O)CCNS(=O)(=O)c2ccccc2)no1. The highest BCUT2D eigenvalue weighted by Crippen LogP contribution is 2.08. The van der Waals surface area contributed by atoms with Crippen LogP contribution in [-0.4, -0.2) is 26.0 Å². The third-order valence-corrected chi connectivity index (χ3v) is 4.07. The topological polar surface area (TPSA) is 101 Å². The van der Waals surface area contributed by atoms with E-state index in [0.717, 1.165) is 0 Å². The Balaban J connectivity index is 1.82. The lowest BCUT2D eigenvalue weighted by atomic mass is 10.4. The fourth-order valence-electron chi connectivity index (χ4n) is 1.61. The van der Waals surface area contributed by atoms with Crippen LogP contribution in [0, 0.1) is 6.92 Å². The average molecular weight is 309 g/mol. The third kappa shape index (κ3) is 4.40. The number of sulfonamides is 1. The van der Waals surface area contributed by atoms with Crippen molar-refractivity contribution in [1.82, 2.24) is 9.88 Å². The quantitative estimate of drug-likeness (QED) is 0.837. The summed E-state index contributed by atoms with van der Waals surface area (Å²) in [6.45, 7) is 1.70. The summed E-state index contributed by atoms with van der Waals surface area (Å²) in [5.74, 6) is 0.539. The van der Waals surface area contributed by atoms with Crippen molar-refractivity contribution >= 4 is 21.7 Å². The lowest BCUT2D eigenvalue weighted by Gasteiger charge is -2.06. The number of carbonyl (C=O) groups is 1. The number of aromatic nitrogens is 1. The van der Waals surface area contributed by atoms with Crippen molar-refractivity contribution in [2.75, 3.05) is 11.9 Å². The molecule has 0 radical (unpaired) electrons. The molecule has 1 heterocycles. The minimum atomic E-state index is -3.59. The molecule has 8 heteroatoms. The number of hydrogen-bond donors (Lipinski definition) is 2. The second kappa shape index (κ2) is 6.51. The van der Waals surface area contributed by atoms with Gasteiger partial charge in [-0.2, -0.15) is 0 Å². The van der Waals surface area contributed by atoms with Crippen molar-refractivity contribution in [2.45, 2.75) is 18.2 Å². The van der Waals surface area contributed by atoms with E-state index in [2.05, 4.69) is 15.2 Å². The third-order valence-electron chi connectivity index (χ3n) is 2.59. The van der Waals surface area contributed by atoms with Gasteiger partial charge in [0.05, 0.1) is 4.90 Å². The largest absolute Gasteiger partial charge is 0.360 e. The summed E-state index contributed by atoms with van der Waals surface area (Å²) in [5, 5.41) is 6.12. The summed E-state index contributed by atoms with van der Waals surface area (Å²) in [7, 11) is -3.59. The van der Waals surface area contributed by atoms with E-state index in [4.69, 9.17) is 4.52 Å². The maximum atomic E-state index is 11.9. The summed E-state index contributed by atoms with van der Waals surface area (Å²) in [4.78, 5) is 11.8. The highest BCUT2D eigenvalue weighted by molar-refractivity contribution is 7.89. The molecule has 0 aliphatic carbocycles. The van der Waals surface area contributed by atoms with Crippen molar-refractivity contribution < 1.29 is 17.7 Å². The van der Waals surface area contributed by atoms with Crippen LogP contribution >= 0.6 is 0 Å². The van der Waals surface area contributed by atoms with Gasteiger partial charge in [-0.1, -0.05) is 23.4 Å². The molecule has 112 valence electrons. The summed E-state index contributed by atoms with van der Waals surface area (Å²) in [5.41, 5.74) is 0. The van der Waals surface area contributed by atoms with E-state index in [0.29, 0.717) is 11.6 Å². The predicted molar refractivity (Wildman–Crippen MR) is 76.1 cm³/mol. The molecule has 21 heavy (non-hydrogen) atoms. The summed E-state index contributed by atoms with van der Waals surface area (Å²) >= 11 is 0. The van der Waals surface area contributed by atoms with E-state index in [-0.39, 0.29) is 23.8 Å². The number of nitrogens with zero attached hydrogens (tertiary/aromatic N) is 1. The number of carbonyl (C=O) groups excluding carboxylic acids is 1. The molecule has 0 saturated carbocycles. The molecule has 1 aromatic heterocycles. The average Bonchev–Trinajstić information content (AvgIpc) is 2.85. The zero-order valence-electron chi connectivity index (χ0n) is 11.4. The Hall–Kier alpha value is -2.19. The van der Waals surface area contributed by atoms with E-state index in [1.54, 1.807) is 31.2 Å². The minimum absolute atomic E-state index is 0.000105. The first-order valence-corrected chi connectivity index (χ1v) is 7.73. The number of nitrogens with one attached hydrogen (secondary N) is 2. The lowest BCUT2D eigenvalue weighted by Crippen LogP contribution is -2.27. The van der Waals surface area contributed by atoms with Crippen molar-refractivity contribution in [2.24, 2.45) is 0 Å². The van der Waals surface area contributed by atoms with Crippen molar-refractivity contribution in [1.29, 1.82) is 0 Å². The van der Waals surface area contributed by atoms with Crippen LogP contribution < -0.4 is 10.0 Å². The molecule has 2 aromatic rings. The second-order valence-electron chi connectivity index (χ2n) is 4.33. The molecule has 7 nitrogen and oxygen atoms in total.